The molecule has 110 valence electrons. The average molecular weight is 285 g/mol. The highest BCUT2D eigenvalue weighted by Crippen LogP contribution is 2.25. The van der Waals surface area contributed by atoms with Crippen LogP contribution in [0.4, 0.5) is 5.82 Å². The monoisotopic (exact) mass is 285 g/mol. The summed E-state index contributed by atoms with van der Waals surface area (Å²) in [4.78, 5) is 16.6. The summed E-state index contributed by atoms with van der Waals surface area (Å²) in [6.45, 7) is 6.20. The van der Waals surface area contributed by atoms with Crippen LogP contribution in [0.25, 0.3) is 11.0 Å². The molecule has 21 heavy (non-hydrogen) atoms. The van der Waals surface area contributed by atoms with Crippen molar-refractivity contribution in [2.24, 2.45) is 7.05 Å². The number of aromatic amines is 1. The molecule has 0 aliphatic rings. The summed E-state index contributed by atoms with van der Waals surface area (Å²) >= 11 is 0. The molecule has 1 atom stereocenters. The standard InChI is InChI=1S/C14H19N7/c1-8(2)11-19-13(10-7-17-21(4)14(10)20-11)18-9(3)12-15-5-6-16-12/h5-9H,1-4H3,(H,15,16)(H,18,19,20)/t9-/m0/s1. The predicted molar refractivity (Wildman–Crippen MR) is 81.0 cm³/mol. The molecule has 3 heterocycles. The normalized spacial score (nSPS) is 13.0. The van der Waals surface area contributed by atoms with E-state index >= 15 is 0 Å². The molecule has 0 spiro atoms. The fourth-order valence-electron chi connectivity index (χ4n) is 2.19. The molecule has 0 amide bonds. The van der Waals surface area contributed by atoms with Gasteiger partial charge in [0.05, 0.1) is 17.6 Å². The quantitative estimate of drug-likeness (QED) is 0.769. The Morgan fingerprint density at radius 2 is 2.05 bits per heavy atom. The number of rotatable bonds is 4. The molecule has 0 saturated heterocycles. The smallest absolute Gasteiger partial charge is 0.163 e. The molecule has 0 aliphatic carbocycles. The molecule has 2 N–H and O–H groups in total. The van der Waals surface area contributed by atoms with E-state index in [9.17, 15) is 0 Å². The minimum Gasteiger partial charge on any atom is -0.360 e. The van der Waals surface area contributed by atoms with Gasteiger partial charge in [-0.2, -0.15) is 5.10 Å². The summed E-state index contributed by atoms with van der Waals surface area (Å²) in [6.07, 6.45) is 5.34. The zero-order chi connectivity index (χ0) is 15.0. The van der Waals surface area contributed by atoms with Gasteiger partial charge in [-0.1, -0.05) is 13.8 Å². The van der Waals surface area contributed by atoms with Gasteiger partial charge >= 0.3 is 0 Å². The lowest BCUT2D eigenvalue weighted by Crippen LogP contribution is -2.12. The minimum absolute atomic E-state index is 0.0262. The van der Waals surface area contributed by atoms with Crippen LogP contribution < -0.4 is 5.32 Å². The number of imidazole rings is 1. The minimum atomic E-state index is 0.0262. The van der Waals surface area contributed by atoms with Crippen molar-refractivity contribution in [3.8, 4) is 0 Å². The van der Waals surface area contributed by atoms with Gasteiger partial charge in [-0.3, -0.25) is 4.68 Å². The van der Waals surface area contributed by atoms with Crippen LogP contribution in [0, 0.1) is 0 Å². The fraction of sp³-hybridized carbons (Fsp3) is 0.429. The van der Waals surface area contributed by atoms with Gasteiger partial charge in [-0.15, -0.1) is 0 Å². The number of anilines is 1. The molecule has 3 aromatic rings. The molecule has 7 nitrogen and oxygen atoms in total. The predicted octanol–water partition coefficient (Wildman–Crippen LogP) is 2.38. The Morgan fingerprint density at radius 1 is 1.24 bits per heavy atom. The summed E-state index contributed by atoms with van der Waals surface area (Å²) in [7, 11) is 1.89. The third kappa shape index (κ3) is 2.46. The second kappa shape index (κ2) is 5.16. The van der Waals surface area contributed by atoms with Gasteiger partial charge in [0.25, 0.3) is 0 Å². The van der Waals surface area contributed by atoms with Gasteiger partial charge < -0.3 is 10.3 Å². The molecule has 0 bridgehead atoms. The van der Waals surface area contributed by atoms with Crippen molar-refractivity contribution in [1.29, 1.82) is 0 Å². The largest absolute Gasteiger partial charge is 0.360 e. The van der Waals surface area contributed by atoms with Crippen molar-refractivity contribution in [2.45, 2.75) is 32.7 Å². The summed E-state index contributed by atoms with van der Waals surface area (Å²) in [5.41, 5.74) is 0.836. The third-order valence-corrected chi connectivity index (χ3v) is 3.41. The zero-order valence-corrected chi connectivity index (χ0v) is 12.6. The van der Waals surface area contributed by atoms with Crippen LogP contribution in [0.2, 0.25) is 0 Å². The Kier molecular flexibility index (Phi) is 3.32. The van der Waals surface area contributed by atoms with Gasteiger partial charge in [-0.05, 0) is 6.92 Å². The van der Waals surface area contributed by atoms with Gasteiger partial charge in [0.1, 0.15) is 17.5 Å². The maximum Gasteiger partial charge on any atom is 0.163 e. The lowest BCUT2D eigenvalue weighted by molar-refractivity contribution is 0.746. The Morgan fingerprint density at radius 3 is 2.71 bits per heavy atom. The van der Waals surface area contributed by atoms with Crippen molar-refractivity contribution >= 4 is 16.9 Å². The van der Waals surface area contributed by atoms with Crippen LogP contribution in [-0.2, 0) is 7.05 Å². The molecule has 0 aromatic carbocycles. The first-order valence-corrected chi connectivity index (χ1v) is 7.01. The van der Waals surface area contributed by atoms with Gasteiger partial charge in [0.2, 0.25) is 0 Å². The SMILES string of the molecule is CC(C)c1nc(N[C@@H](C)c2ncc[nH]2)c2cnn(C)c2n1. The first-order chi connectivity index (χ1) is 10.1. The first kappa shape index (κ1) is 13.5. The van der Waals surface area contributed by atoms with E-state index in [-0.39, 0.29) is 12.0 Å². The van der Waals surface area contributed by atoms with Crippen LogP contribution in [0.1, 0.15) is 44.4 Å². The van der Waals surface area contributed by atoms with Crippen LogP contribution in [-0.4, -0.2) is 29.7 Å². The Hall–Kier alpha value is -2.44. The maximum atomic E-state index is 4.65. The summed E-state index contributed by atoms with van der Waals surface area (Å²) in [6, 6.07) is 0.0262. The molecular weight excluding hydrogens is 266 g/mol. The molecule has 3 rings (SSSR count). The van der Waals surface area contributed by atoms with Crippen LogP contribution in [0.3, 0.4) is 0 Å². The summed E-state index contributed by atoms with van der Waals surface area (Å²) in [5, 5.41) is 8.59. The van der Waals surface area contributed by atoms with Crippen molar-refractivity contribution in [3.05, 3.63) is 30.2 Å². The second-order valence-corrected chi connectivity index (χ2v) is 5.43. The number of aryl methyl sites for hydroxylation is 1. The molecule has 0 unspecified atom stereocenters. The van der Waals surface area contributed by atoms with Gasteiger partial charge in [0.15, 0.2) is 5.65 Å². The lowest BCUT2D eigenvalue weighted by Gasteiger charge is -2.14. The molecule has 0 saturated carbocycles. The van der Waals surface area contributed by atoms with Crippen LogP contribution >= 0.6 is 0 Å². The van der Waals surface area contributed by atoms with Crippen LogP contribution in [0.15, 0.2) is 18.6 Å². The van der Waals surface area contributed by atoms with E-state index in [1.807, 2.05) is 20.2 Å². The van der Waals surface area contributed by atoms with Gasteiger partial charge in [0, 0.05) is 25.4 Å². The van der Waals surface area contributed by atoms with E-state index < -0.39 is 0 Å². The van der Waals surface area contributed by atoms with E-state index in [2.05, 4.69) is 44.2 Å². The molecule has 7 heteroatoms. The van der Waals surface area contributed by atoms with Crippen molar-refractivity contribution in [3.63, 3.8) is 0 Å². The number of hydrogen-bond acceptors (Lipinski definition) is 5. The zero-order valence-electron chi connectivity index (χ0n) is 12.6. The maximum absolute atomic E-state index is 4.65. The number of fused-ring (bicyclic) bond motifs is 1. The highest BCUT2D eigenvalue weighted by molar-refractivity contribution is 5.86. The van der Waals surface area contributed by atoms with E-state index in [1.54, 1.807) is 17.1 Å². The molecule has 0 radical (unpaired) electrons. The Labute approximate surface area is 122 Å². The summed E-state index contributed by atoms with van der Waals surface area (Å²) < 4.78 is 1.77. The van der Waals surface area contributed by atoms with Crippen LogP contribution in [0.5, 0.6) is 0 Å². The first-order valence-electron chi connectivity index (χ1n) is 7.01. The third-order valence-electron chi connectivity index (χ3n) is 3.41. The molecule has 0 aliphatic heterocycles. The highest BCUT2D eigenvalue weighted by Gasteiger charge is 2.16. The number of nitrogens with zero attached hydrogens (tertiary/aromatic N) is 5. The topological polar surface area (TPSA) is 84.3 Å². The number of nitrogens with one attached hydrogen (secondary N) is 2. The average Bonchev–Trinajstić information content (AvgIpc) is 3.09. The van der Waals surface area contributed by atoms with E-state index in [4.69, 9.17) is 0 Å². The van der Waals surface area contributed by atoms with E-state index in [1.165, 1.54) is 0 Å². The molecule has 0 fully saturated rings. The second-order valence-electron chi connectivity index (χ2n) is 5.43. The Balaban J connectivity index is 2.04. The van der Waals surface area contributed by atoms with Gasteiger partial charge in [-0.25, -0.2) is 15.0 Å². The summed E-state index contributed by atoms with van der Waals surface area (Å²) in [5.74, 6) is 2.72. The van der Waals surface area contributed by atoms with Crippen molar-refractivity contribution < 1.29 is 0 Å². The number of H-pyrrole nitrogens is 1. The lowest BCUT2D eigenvalue weighted by atomic mass is 10.2. The van der Waals surface area contributed by atoms with Crippen molar-refractivity contribution in [2.75, 3.05) is 5.32 Å². The Bertz CT molecular complexity index is 742. The number of hydrogen-bond donors (Lipinski definition) is 2. The van der Waals surface area contributed by atoms with E-state index in [0.29, 0.717) is 0 Å². The highest BCUT2D eigenvalue weighted by atomic mass is 15.3. The fourth-order valence-corrected chi connectivity index (χ4v) is 2.19. The molecule has 3 aromatic heterocycles. The number of aromatic nitrogens is 6. The molecular formula is C14H19N7. The van der Waals surface area contributed by atoms with Crippen molar-refractivity contribution in [1.82, 2.24) is 29.7 Å². The van der Waals surface area contributed by atoms with E-state index in [0.717, 1.165) is 28.5 Å².